The van der Waals surface area contributed by atoms with Crippen LogP contribution in [-0.2, 0) is 5.60 Å². The van der Waals surface area contributed by atoms with E-state index in [0.717, 1.165) is 5.56 Å². The highest BCUT2D eigenvalue weighted by Crippen LogP contribution is 2.35. The second kappa shape index (κ2) is 4.63. The minimum Gasteiger partial charge on any atom is -0.493 e. The van der Waals surface area contributed by atoms with E-state index in [1.165, 1.54) is 0 Å². The first-order chi connectivity index (χ1) is 8.16. The zero-order valence-corrected chi connectivity index (χ0v) is 10.0. The topological polar surface area (TPSA) is 42.6 Å². The van der Waals surface area contributed by atoms with Gasteiger partial charge in [-0.1, -0.05) is 18.2 Å². The lowest BCUT2D eigenvalue weighted by molar-refractivity contribution is 0.0974. The molecular weight excluding hydrogens is 216 g/mol. The Kier molecular flexibility index (Phi) is 3.20. The van der Waals surface area contributed by atoms with Crippen LogP contribution in [0.4, 0.5) is 0 Å². The van der Waals surface area contributed by atoms with E-state index in [2.05, 4.69) is 0 Å². The molecule has 0 aliphatic heterocycles. The van der Waals surface area contributed by atoms with Crippen molar-refractivity contribution in [1.82, 2.24) is 0 Å². The van der Waals surface area contributed by atoms with Gasteiger partial charge in [0.1, 0.15) is 11.4 Å². The molecule has 1 unspecified atom stereocenters. The lowest BCUT2D eigenvalue weighted by atomic mass is 9.89. The Morgan fingerprint density at radius 1 is 1.29 bits per heavy atom. The molecule has 0 radical (unpaired) electrons. The van der Waals surface area contributed by atoms with Gasteiger partial charge in [0.2, 0.25) is 0 Å². The number of para-hydroxylation sites is 1. The fourth-order valence-corrected chi connectivity index (χ4v) is 1.85. The van der Waals surface area contributed by atoms with Gasteiger partial charge in [-0.25, -0.2) is 0 Å². The molecule has 0 aliphatic rings. The number of ether oxygens (including phenoxy) is 1. The molecule has 2 aromatic rings. The molecule has 1 N–H and O–H groups in total. The maximum absolute atomic E-state index is 10.6. The number of furan rings is 1. The van der Waals surface area contributed by atoms with Gasteiger partial charge in [0.05, 0.1) is 19.1 Å². The van der Waals surface area contributed by atoms with Crippen LogP contribution in [0.1, 0.15) is 25.0 Å². The Morgan fingerprint density at radius 3 is 2.71 bits per heavy atom. The van der Waals surface area contributed by atoms with Crippen LogP contribution < -0.4 is 4.74 Å². The molecule has 0 amide bonds. The summed E-state index contributed by atoms with van der Waals surface area (Å²) >= 11 is 0. The molecule has 3 nitrogen and oxygen atoms in total. The number of hydrogen-bond donors (Lipinski definition) is 1. The van der Waals surface area contributed by atoms with Gasteiger partial charge in [0.15, 0.2) is 0 Å². The Balaban J connectivity index is 2.45. The van der Waals surface area contributed by atoms with E-state index in [4.69, 9.17) is 9.15 Å². The average Bonchev–Trinajstić information content (AvgIpc) is 2.84. The summed E-state index contributed by atoms with van der Waals surface area (Å²) in [5, 5.41) is 10.6. The fraction of sp³-hybridized carbons (Fsp3) is 0.286. The van der Waals surface area contributed by atoms with Crippen LogP contribution in [0.5, 0.6) is 5.75 Å². The third kappa shape index (κ3) is 2.19. The SMILES string of the molecule is CCOc1ccccc1C(C)(O)c1ccoc1. The van der Waals surface area contributed by atoms with Gasteiger partial charge in [-0.3, -0.25) is 0 Å². The van der Waals surface area contributed by atoms with Crippen molar-refractivity contribution < 1.29 is 14.3 Å². The number of rotatable bonds is 4. The molecule has 1 aromatic carbocycles. The van der Waals surface area contributed by atoms with Crippen LogP contribution in [0.15, 0.2) is 47.3 Å². The second-order valence-corrected chi connectivity index (χ2v) is 4.01. The molecule has 3 heteroatoms. The standard InChI is InChI=1S/C14H16O3/c1-3-17-13-7-5-4-6-12(13)14(2,15)11-8-9-16-10-11/h4-10,15H,3H2,1-2H3. The van der Waals surface area contributed by atoms with Crippen LogP contribution in [0.25, 0.3) is 0 Å². The summed E-state index contributed by atoms with van der Waals surface area (Å²) < 4.78 is 10.6. The smallest absolute Gasteiger partial charge is 0.125 e. The summed E-state index contributed by atoms with van der Waals surface area (Å²) in [6.45, 7) is 4.22. The molecule has 1 atom stereocenters. The molecule has 0 aliphatic carbocycles. The third-order valence-electron chi connectivity index (χ3n) is 2.79. The van der Waals surface area contributed by atoms with Gasteiger partial charge in [0.25, 0.3) is 0 Å². The van der Waals surface area contributed by atoms with E-state index in [9.17, 15) is 5.11 Å². The summed E-state index contributed by atoms with van der Waals surface area (Å²) in [6, 6.07) is 9.24. The highest BCUT2D eigenvalue weighted by atomic mass is 16.5. The third-order valence-corrected chi connectivity index (χ3v) is 2.79. The lowest BCUT2D eigenvalue weighted by Gasteiger charge is -2.24. The van der Waals surface area contributed by atoms with E-state index in [1.54, 1.807) is 25.5 Å². The molecule has 90 valence electrons. The van der Waals surface area contributed by atoms with E-state index < -0.39 is 5.60 Å². The van der Waals surface area contributed by atoms with E-state index in [1.807, 2.05) is 31.2 Å². The highest BCUT2D eigenvalue weighted by molar-refractivity contribution is 5.43. The van der Waals surface area contributed by atoms with E-state index in [0.29, 0.717) is 17.9 Å². The summed E-state index contributed by atoms with van der Waals surface area (Å²) in [6.07, 6.45) is 3.09. The van der Waals surface area contributed by atoms with Crippen molar-refractivity contribution in [3.63, 3.8) is 0 Å². The van der Waals surface area contributed by atoms with Crippen molar-refractivity contribution in [2.24, 2.45) is 0 Å². The van der Waals surface area contributed by atoms with E-state index >= 15 is 0 Å². The predicted octanol–water partition coefficient (Wildman–Crippen LogP) is 2.93. The molecule has 0 fully saturated rings. The Labute approximate surface area is 101 Å². The quantitative estimate of drug-likeness (QED) is 0.881. The molecule has 0 bridgehead atoms. The van der Waals surface area contributed by atoms with Gasteiger partial charge in [-0.05, 0) is 26.0 Å². The Morgan fingerprint density at radius 2 is 2.06 bits per heavy atom. The average molecular weight is 232 g/mol. The van der Waals surface area contributed by atoms with Crippen LogP contribution in [0.2, 0.25) is 0 Å². The molecule has 1 heterocycles. The molecule has 0 saturated heterocycles. The predicted molar refractivity (Wildman–Crippen MR) is 65.0 cm³/mol. The normalized spacial score (nSPS) is 14.3. The van der Waals surface area contributed by atoms with Gasteiger partial charge in [0, 0.05) is 11.1 Å². The summed E-state index contributed by atoms with van der Waals surface area (Å²) in [4.78, 5) is 0. The highest BCUT2D eigenvalue weighted by Gasteiger charge is 2.29. The van der Waals surface area contributed by atoms with Crippen molar-refractivity contribution >= 4 is 0 Å². The minimum atomic E-state index is -1.11. The molecule has 1 aromatic heterocycles. The monoisotopic (exact) mass is 232 g/mol. The molecular formula is C14H16O3. The van der Waals surface area contributed by atoms with Gasteiger partial charge >= 0.3 is 0 Å². The van der Waals surface area contributed by atoms with Gasteiger partial charge in [-0.15, -0.1) is 0 Å². The molecule has 2 rings (SSSR count). The first-order valence-corrected chi connectivity index (χ1v) is 5.63. The fourth-order valence-electron chi connectivity index (χ4n) is 1.85. The van der Waals surface area contributed by atoms with Crippen molar-refractivity contribution in [3.8, 4) is 5.75 Å². The summed E-state index contributed by atoms with van der Waals surface area (Å²) in [5.74, 6) is 0.696. The van der Waals surface area contributed by atoms with E-state index in [-0.39, 0.29) is 0 Å². The van der Waals surface area contributed by atoms with Crippen LogP contribution in [0, 0.1) is 0 Å². The largest absolute Gasteiger partial charge is 0.493 e. The maximum Gasteiger partial charge on any atom is 0.125 e. The molecule has 0 saturated carbocycles. The minimum absolute atomic E-state index is 0.568. The molecule has 0 spiro atoms. The van der Waals surface area contributed by atoms with Crippen LogP contribution >= 0.6 is 0 Å². The molecule has 17 heavy (non-hydrogen) atoms. The van der Waals surface area contributed by atoms with Crippen molar-refractivity contribution in [3.05, 3.63) is 54.0 Å². The zero-order chi connectivity index (χ0) is 12.3. The summed E-state index contributed by atoms with van der Waals surface area (Å²) in [7, 11) is 0. The van der Waals surface area contributed by atoms with Gasteiger partial charge in [-0.2, -0.15) is 0 Å². The lowest BCUT2D eigenvalue weighted by Crippen LogP contribution is -2.23. The van der Waals surface area contributed by atoms with Crippen molar-refractivity contribution in [1.29, 1.82) is 0 Å². The summed E-state index contributed by atoms with van der Waals surface area (Å²) in [5.41, 5.74) is 0.339. The first-order valence-electron chi connectivity index (χ1n) is 5.63. The Hall–Kier alpha value is -1.74. The van der Waals surface area contributed by atoms with Crippen LogP contribution in [0.3, 0.4) is 0 Å². The Bertz CT molecular complexity index is 472. The number of benzene rings is 1. The number of aliphatic hydroxyl groups is 1. The zero-order valence-electron chi connectivity index (χ0n) is 10.0. The van der Waals surface area contributed by atoms with Crippen molar-refractivity contribution in [2.75, 3.05) is 6.61 Å². The van der Waals surface area contributed by atoms with Crippen molar-refractivity contribution in [2.45, 2.75) is 19.4 Å². The maximum atomic E-state index is 10.6. The first kappa shape index (κ1) is 11.7. The van der Waals surface area contributed by atoms with Gasteiger partial charge < -0.3 is 14.3 Å². The van der Waals surface area contributed by atoms with Crippen LogP contribution in [-0.4, -0.2) is 11.7 Å². The second-order valence-electron chi connectivity index (χ2n) is 4.01. The number of hydrogen-bond acceptors (Lipinski definition) is 3.